The molecule has 0 aliphatic carbocycles. The molecule has 2 aliphatic rings. The number of aromatic nitrogens is 1. The molecular formula is C22H28N4O4S. The molecule has 1 aromatic heterocycles. The standard InChI is InChI=1S/C22H28N4O4S/c1-22(2)12-20(16-10-17(14-23-13-16)26-6-8-30-9-7-26)24-19-5-4-15(11-18(19)22)21(27)25-31(3,28)29/h4-5,10-11,13-14,20,24H,6-9,12H2,1-3H3,(H,25,27). The van der Waals surface area contributed by atoms with E-state index >= 15 is 0 Å². The van der Waals surface area contributed by atoms with Crippen molar-refractivity contribution >= 4 is 27.3 Å². The van der Waals surface area contributed by atoms with Crippen LogP contribution in [0.3, 0.4) is 0 Å². The molecule has 1 fully saturated rings. The minimum atomic E-state index is -3.61. The number of nitrogens with zero attached hydrogens (tertiary/aromatic N) is 2. The number of carbonyl (C=O) groups excluding carboxylic acids is 1. The molecule has 31 heavy (non-hydrogen) atoms. The van der Waals surface area contributed by atoms with Gasteiger partial charge in [0.25, 0.3) is 5.91 Å². The summed E-state index contributed by atoms with van der Waals surface area (Å²) in [6.07, 6.45) is 5.57. The van der Waals surface area contributed by atoms with E-state index in [9.17, 15) is 13.2 Å². The Kier molecular flexibility index (Phi) is 5.65. The predicted octanol–water partition coefficient (Wildman–Crippen LogP) is 2.44. The number of hydrogen-bond donors (Lipinski definition) is 2. The number of morpholine rings is 1. The molecule has 2 aromatic rings. The van der Waals surface area contributed by atoms with Gasteiger partial charge in [0.1, 0.15) is 0 Å². The Bertz CT molecular complexity index is 1090. The number of fused-ring (bicyclic) bond motifs is 1. The molecule has 3 heterocycles. The second kappa shape index (κ2) is 8.12. The van der Waals surface area contributed by atoms with Gasteiger partial charge in [-0.1, -0.05) is 13.8 Å². The van der Waals surface area contributed by atoms with Gasteiger partial charge >= 0.3 is 0 Å². The van der Waals surface area contributed by atoms with Crippen molar-refractivity contribution in [2.75, 3.05) is 42.8 Å². The van der Waals surface area contributed by atoms with Crippen LogP contribution in [0, 0.1) is 0 Å². The van der Waals surface area contributed by atoms with Gasteiger partial charge in [-0.25, -0.2) is 13.1 Å². The maximum Gasteiger partial charge on any atom is 0.264 e. The minimum Gasteiger partial charge on any atom is -0.378 e. The van der Waals surface area contributed by atoms with Crippen LogP contribution >= 0.6 is 0 Å². The summed E-state index contributed by atoms with van der Waals surface area (Å²) in [5.41, 5.74) is 4.24. The molecule has 0 spiro atoms. The number of rotatable bonds is 4. The summed E-state index contributed by atoms with van der Waals surface area (Å²) in [4.78, 5) is 19.1. The van der Waals surface area contributed by atoms with E-state index in [0.29, 0.717) is 5.56 Å². The topological polar surface area (TPSA) is 101 Å². The lowest BCUT2D eigenvalue weighted by molar-refractivity contribution is 0.0981. The Morgan fingerprint density at radius 1 is 1.23 bits per heavy atom. The van der Waals surface area contributed by atoms with Crippen LogP contribution in [-0.2, 0) is 20.2 Å². The molecule has 8 nitrogen and oxygen atoms in total. The first-order chi connectivity index (χ1) is 14.6. The lowest BCUT2D eigenvalue weighted by atomic mass is 9.74. The lowest BCUT2D eigenvalue weighted by Crippen LogP contribution is -2.36. The number of pyridine rings is 1. The van der Waals surface area contributed by atoms with Crippen LogP contribution in [0.1, 0.15) is 47.8 Å². The smallest absolute Gasteiger partial charge is 0.264 e. The number of anilines is 2. The van der Waals surface area contributed by atoms with Gasteiger partial charge in [-0.3, -0.25) is 9.78 Å². The van der Waals surface area contributed by atoms with Gasteiger partial charge in [0.15, 0.2) is 0 Å². The van der Waals surface area contributed by atoms with E-state index in [-0.39, 0.29) is 11.5 Å². The third kappa shape index (κ3) is 4.83. The molecule has 1 atom stereocenters. The summed E-state index contributed by atoms with van der Waals surface area (Å²) in [6, 6.07) is 7.53. The molecule has 1 amide bonds. The summed E-state index contributed by atoms with van der Waals surface area (Å²) in [5, 5.41) is 3.58. The van der Waals surface area contributed by atoms with Crippen LogP contribution in [0.25, 0.3) is 0 Å². The summed E-state index contributed by atoms with van der Waals surface area (Å²) < 4.78 is 30.3. The molecule has 1 unspecified atom stereocenters. The molecule has 0 bridgehead atoms. The van der Waals surface area contributed by atoms with E-state index < -0.39 is 15.9 Å². The molecule has 9 heteroatoms. The van der Waals surface area contributed by atoms with Crippen molar-refractivity contribution in [1.29, 1.82) is 0 Å². The quantitative estimate of drug-likeness (QED) is 0.747. The first-order valence-electron chi connectivity index (χ1n) is 10.3. The average Bonchev–Trinajstić information content (AvgIpc) is 2.72. The number of amides is 1. The third-order valence-corrected chi connectivity index (χ3v) is 6.41. The van der Waals surface area contributed by atoms with Crippen LogP contribution in [0.15, 0.2) is 36.7 Å². The fourth-order valence-electron chi connectivity index (χ4n) is 4.29. The Labute approximate surface area is 183 Å². The highest BCUT2D eigenvalue weighted by Gasteiger charge is 2.34. The van der Waals surface area contributed by atoms with Gasteiger partial charge in [-0.2, -0.15) is 0 Å². The highest BCUT2D eigenvalue weighted by atomic mass is 32.2. The SMILES string of the molecule is CC1(C)CC(c2cncc(N3CCOCC3)c2)Nc2ccc(C(=O)NS(C)(=O)=O)cc21. The highest BCUT2D eigenvalue weighted by molar-refractivity contribution is 7.89. The molecule has 1 aromatic carbocycles. The van der Waals surface area contributed by atoms with E-state index in [1.807, 2.05) is 23.2 Å². The number of ether oxygens (including phenoxy) is 1. The molecular weight excluding hydrogens is 416 g/mol. The first-order valence-corrected chi connectivity index (χ1v) is 12.2. The number of benzene rings is 1. The number of hydrogen-bond acceptors (Lipinski definition) is 7. The highest BCUT2D eigenvalue weighted by Crippen LogP contribution is 2.44. The van der Waals surface area contributed by atoms with Crippen LogP contribution in [0.2, 0.25) is 0 Å². The van der Waals surface area contributed by atoms with Crippen molar-refractivity contribution in [3.63, 3.8) is 0 Å². The summed E-state index contributed by atoms with van der Waals surface area (Å²) in [5.74, 6) is -0.620. The van der Waals surface area contributed by atoms with E-state index in [2.05, 4.69) is 35.1 Å². The fourth-order valence-corrected chi connectivity index (χ4v) is 4.74. The zero-order valence-corrected chi connectivity index (χ0v) is 18.8. The first kappa shape index (κ1) is 21.6. The average molecular weight is 445 g/mol. The van der Waals surface area contributed by atoms with Crippen molar-refractivity contribution in [3.8, 4) is 0 Å². The Morgan fingerprint density at radius 2 is 1.97 bits per heavy atom. The Morgan fingerprint density at radius 3 is 2.68 bits per heavy atom. The molecule has 0 radical (unpaired) electrons. The maximum atomic E-state index is 12.3. The van der Waals surface area contributed by atoms with Gasteiger partial charge in [0.05, 0.1) is 37.4 Å². The number of carbonyl (C=O) groups is 1. The van der Waals surface area contributed by atoms with Crippen LogP contribution < -0.4 is 14.9 Å². The molecule has 4 rings (SSSR count). The fraction of sp³-hybridized carbons (Fsp3) is 0.455. The second-order valence-corrected chi connectivity index (χ2v) is 10.6. The van der Waals surface area contributed by atoms with Gasteiger partial charge in [-0.05, 0) is 47.2 Å². The maximum absolute atomic E-state index is 12.3. The summed E-state index contributed by atoms with van der Waals surface area (Å²) in [7, 11) is -3.61. The van der Waals surface area contributed by atoms with Crippen LogP contribution in [-0.4, -0.2) is 51.9 Å². The van der Waals surface area contributed by atoms with Gasteiger partial charge < -0.3 is 15.0 Å². The van der Waals surface area contributed by atoms with E-state index in [4.69, 9.17) is 4.74 Å². The summed E-state index contributed by atoms with van der Waals surface area (Å²) >= 11 is 0. The van der Waals surface area contributed by atoms with E-state index in [1.54, 1.807) is 12.1 Å². The van der Waals surface area contributed by atoms with Crippen molar-refractivity contribution in [3.05, 3.63) is 53.3 Å². The van der Waals surface area contributed by atoms with Crippen molar-refractivity contribution in [1.82, 2.24) is 9.71 Å². The van der Waals surface area contributed by atoms with E-state index in [0.717, 1.165) is 61.5 Å². The van der Waals surface area contributed by atoms with E-state index in [1.165, 1.54) is 0 Å². The molecule has 166 valence electrons. The molecule has 0 saturated carbocycles. The van der Waals surface area contributed by atoms with Gasteiger partial charge in [0.2, 0.25) is 10.0 Å². The van der Waals surface area contributed by atoms with Crippen molar-refractivity contribution < 1.29 is 17.9 Å². The van der Waals surface area contributed by atoms with Gasteiger partial charge in [-0.15, -0.1) is 0 Å². The second-order valence-electron chi connectivity index (χ2n) is 8.82. The van der Waals surface area contributed by atoms with Gasteiger partial charge in [0, 0.05) is 30.5 Å². The molecule has 2 aliphatic heterocycles. The van der Waals surface area contributed by atoms with Crippen molar-refractivity contribution in [2.45, 2.75) is 31.7 Å². The Hall–Kier alpha value is -2.65. The molecule has 2 N–H and O–H groups in total. The van der Waals surface area contributed by atoms with Crippen LogP contribution in [0.4, 0.5) is 11.4 Å². The van der Waals surface area contributed by atoms with Crippen molar-refractivity contribution in [2.24, 2.45) is 0 Å². The normalized spacial score (nSPS) is 20.5. The largest absolute Gasteiger partial charge is 0.378 e. The monoisotopic (exact) mass is 444 g/mol. The minimum absolute atomic E-state index is 0.0756. The predicted molar refractivity (Wildman–Crippen MR) is 120 cm³/mol. The van der Waals surface area contributed by atoms with Crippen LogP contribution in [0.5, 0.6) is 0 Å². The zero-order chi connectivity index (χ0) is 22.2. The zero-order valence-electron chi connectivity index (χ0n) is 18.0. The number of nitrogens with one attached hydrogen (secondary N) is 2. The molecule has 1 saturated heterocycles. The summed E-state index contributed by atoms with van der Waals surface area (Å²) in [6.45, 7) is 7.43. The number of sulfonamides is 1. The third-order valence-electron chi connectivity index (χ3n) is 5.86. The lowest BCUT2D eigenvalue weighted by Gasteiger charge is -2.39. The Balaban J connectivity index is 1.60.